The molecule has 0 unspecified atom stereocenters. The zero-order valence-electron chi connectivity index (χ0n) is 23.6. The van der Waals surface area contributed by atoms with Gasteiger partial charge in [-0.3, -0.25) is 9.69 Å². The van der Waals surface area contributed by atoms with Gasteiger partial charge < -0.3 is 4.90 Å². The van der Waals surface area contributed by atoms with Gasteiger partial charge in [-0.2, -0.15) is 0 Å². The molecule has 0 saturated carbocycles. The maximum absolute atomic E-state index is 12.6. The fourth-order valence-corrected chi connectivity index (χ4v) is 4.25. The molecule has 0 aromatic heterocycles. The molecule has 1 aliphatic rings. The number of hydrogen-bond acceptors (Lipinski definition) is 2. The molecule has 0 aliphatic carbocycles. The first-order valence-corrected chi connectivity index (χ1v) is 13.8. The SMILES string of the molecule is CC(C)=CCC/C(C)=C/CCC(C)=CCC/C(C)=C/CCC(=O)N1CCN(CCC(C)C)CC1. The molecular weight excluding hydrogens is 416 g/mol. The lowest BCUT2D eigenvalue weighted by Gasteiger charge is -2.35. The van der Waals surface area contributed by atoms with E-state index in [1.54, 1.807) is 0 Å². The van der Waals surface area contributed by atoms with Crippen LogP contribution in [0.5, 0.6) is 0 Å². The summed E-state index contributed by atoms with van der Waals surface area (Å²) in [6.07, 6.45) is 19.0. The number of piperazine rings is 1. The van der Waals surface area contributed by atoms with Crippen molar-refractivity contribution in [2.24, 2.45) is 5.92 Å². The van der Waals surface area contributed by atoms with Crippen molar-refractivity contribution in [3.63, 3.8) is 0 Å². The van der Waals surface area contributed by atoms with Crippen molar-refractivity contribution in [3.8, 4) is 0 Å². The van der Waals surface area contributed by atoms with Crippen LogP contribution in [0.15, 0.2) is 46.6 Å². The zero-order chi connectivity index (χ0) is 25.3. The molecule has 0 N–H and O–H groups in total. The summed E-state index contributed by atoms with van der Waals surface area (Å²) in [5, 5.41) is 0. The standard InChI is InChI=1S/C31H54N2O/c1-26(2)12-8-13-28(5)14-9-15-29(6)16-10-17-30(7)18-11-19-31(34)33-24-22-32(23-25-33)21-20-27(3)4/h12,14,16,18,27H,8-11,13,15,17,19-25H2,1-7H3/b28-14+,29-16?,30-18+. The summed E-state index contributed by atoms with van der Waals surface area (Å²) in [4.78, 5) is 17.1. The molecule has 1 fully saturated rings. The third-order valence-electron chi connectivity index (χ3n) is 6.75. The van der Waals surface area contributed by atoms with Gasteiger partial charge in [0.15, 0.2) is 0 Å². The van der Waals surface area contributed by atoms with Crippen molar-refractivity contribution in [1.82, 2.24) is 9.80 Å². The minimum atomic E-state index is 0.326. The first kappa shape index (κ1) is 30.4. The van der Waals surface area contributed by atoms with Crippen LogP contribution in [0.1, 0.15) is 106 Å². The third-order valence-corrected chi connectivity index (χ3v) is 6.75. The largest absolute Gasteiger partial charge is 0.340 e. The van der Waals surface area contributed by atoms with Gasteiger partial charge in [-0.15, -0.1) is 0 Å². The van der Waals surface area contributed by atoms with Crippen molar-refractivity contribution in [2.45, 2.75) is 106 Å². The smallest absolute Gasteiger partial charge is 0.222 e. The lowest BCUT2D eigenvalue weighted by Crippen LogP contribution is -2.48. The second-order valence-electron chi connectivity index (χ2n) is 11.0. The fraction of sp³-hybridized carbons (Fsp3) is 0.710. The van der Waals surface area contributed by atoms with Gasteiger partial charge in [-0.05, 0) is 98.4 Å². The molecule has 1 amide bonds. The normalized spacial score (nSPS) is 16.4. The molecule has 0 aromatic rings. The highest BCUT2D eigenvalue weighted by molar-refractivity contribution is 5.76. The van der Waals surface area contributed by atoms with Gasteiger partial charge in [0.05, 0.1) is 0 Å². The minimum Gasteiger partial charge on any atom is -0.340 e. The average Bonchev–Trinajstić information content (AvgIpc) is 2.77. The van der Waals surface area contributed by atoms with E-state index < -0.39 is 0 Å². The predicted octanol–water partition coefficient (Wildman–Crippen LogP) is 8.10. The van der Waals surface area contributed by atoms with E-state index in [9.17, 15) is 4.79 Å². The van der Waals surface area contributed by atoms with Crippen LogP contribution >= 0.6 is 0 Å². The molecule has 0 spiro atoms. The molecule has 34 heavy (non-hydrogen) atoms. The van der Waals surface area contributed by atoms with Gasteiger partial charge in [0.2, 0.25) is 5.91 Å². The molecule has 3 heteroatoms. The Hall–Kier alpha value is -1.61. The van der Waals surface area contributed by atoms with Crippen LogP contribution in [-0.4, -0.2) is 48.4 Å². The van der Waals surface area contributed by atoms with Crippen molar-refractivity contribution in [2.75, 3.05) is 32.7 Å². The fourth-order valence-electron chi connectivity index (χ4n) is 4.25. The molecule has 194 valence electrons. The third kappa shape index (κ3) is 15.3. The van der Waals surface area contributed by atoms with Crippen molar-refractivity contribution in [1.29, 1.82) is 0 Å². The van der Waals surface area contributed by atoms with E-state index in [0.29, 0.717) is 12.3 Å². The maximum atomic E-state index is 12.6. The Labute approximate surface area is 212 Å². The van der Waals surface area contributed by atoms with E-state index in [4.69, 9.17) is 0 Å². The second-order valence-corrected chi connectivity index (χ2v) is 11.0. The Balaban J connectivity index is 2.20. The first-order chi connectivity index (χ1) is 16.2. The summed E-state index contributed by atoms with van der Waals surface area (Å²) < 4.78 is 0. The quantitative estimate of drug-likeness (QED) is 0.226. The second kappa shape index (κ2) is 17.8. The summed E-state index contributed by atoms with van der Waals surface area (Å²) in [7, 11) is 0. The molecule has 0 aromatic carbocycles. The summed E-state index contributed by atoms with van der Waals surface area (Å²) in [6.45, 7) is 20.6. The van der Waals surface area contributed by atoms with Crippen molar-refractivity contribution >= 4 is 5.91 Å². The number of carbonyl (C=O) groups excluding carboxylic acids is 1. The Morgan fingerprint density at radius 1 is 0.676 bits per heavy atom. The number of carbonyl (C=O) groups is 1. The van der Waals surface area contributed by atoms with E-state index in [-0.39, 0.29) is 0 Å². The average molecular weight is 471 g/mol. The number of nitrogens with zero attached hydrogens (tertiary/aromatic N) is 2. The highest BCUT2D eigenvalue weighted by Gasteiger charge is 2.20. The van der Waals surface area contributed by atoms with Crippen LogP contribution in [0.3, 0.4) is 0 Å². The van der Waals surface area contributed by atoms with Crippen LogP contribution in [0.25, 0.3) is 0 Å². The van der Waals surface area contributed by atoms with Gasteiger partial charge in [-0.25, -0.2) is 0 Å². The molecule has 1 saturated heterocycles. The first-order valence-electron chi connectivity index (χ1n) is 13.8. The van der Waals surface area contributed by atoms with Crippen LogP contribution in [0.4, 0.5) is 0 Å². The van der Waals surface area contributed by atoms with E-state index >= 15 is 0 Å². The molecular formula is C31H54N2O. The topological polar surface area (TPSA) is 23.6 Å². The zero-order valence-corrected chi connectivity index (χ0v) is 23.6. The minimum absolute atomic E-state index is 0.326. The monoisotopic (exact) mass is 470 g/mol. The van der Waals surface area contributed by atoms with Crippen LogP contribution in [0, 0.1) is 5.92 Å². The van der Waals surface area contributed by atoms with E-state index in [0.717, 1.165) is 70.6 Å². The van der Waals surface area contributed by atoms with Gasteiger partial charge in [-0.1, -0.05) is 60.4 Å². The van der Waals surface area contributed by atoms with E-state index in [1.165, 1.54) is 41.7 Å². The summed E-state index contributed by atoms with van der Waals surface area (Å²) >= 11 is 0. The number of hydrogen-bond donors (Lipinski definition) is 0. The maximum Gasteiger partial charge on any atom is 0.222 e. The lowest BCUT2D eigenvalue weighted by atomic mass is 10.0. The van der Waals surface area contributed by atoms with Gasteiger partial charge in [0.25, 0.3) is 0 Å². The van der Waals surface area contributed by atoms with Crippen molar-refractivity contribution < 1.29 is 4.79 Å². The molecule has 1 aliphatic heterocycles. The van der Waals surface area contributed by atoms with Gasteiger partial charge >= 0.3 is 0 Å². The molecule has 0 radical (unpaired) electrons. The number of allylic oxidation sites excluding steroid dienone is 8. The molecule has 1 heterocycles. The summed E-state index contributed by atoms with van der Waals surface area (Å²) in [5.41, 5.74) is 5.81. The molecule has 0 bridgehead atoms. The van der Waals surface area contributed by atoms with E-state index in [1.807, 2.05) is 0 Å². The van der Waals surface area contributed by atoms with Gasteiger partial charge in [0, 0.05) is 32.6 Å². The Kier molecular flexibility index (Phi) is 15.9. The highest BCUT2D eigenvalue weighted by atomic mass is 16.2. The predicted molar refractivity (Wildman–Crippen MR) is 150 cm³/mol. The number of amides is 1. The molecule has 3 nitrogen and oxygen atoms in total. The summed E-state index contributed by atoms with van der Waals surface area (Å²) in [5.74, 6) is 1.08. The molecule has 1 rings (SSSR count). The van der Waals surface area contributed by atoms with Crippen LogP contribution in [-0.2, 0) is 4.79 Å². The Morgan fingerprint density at radius 3 is 1.56 bits per heavy atom. The van der Waals surface area contributed by atoms with Crippen LogP contribution < -0.4 is 0 Å². The lowest BCUT2D eigenvalue weighted by molar-refractivity contribution is -0.132. The Morgan fingerprint density at radius 2 is 1.12 bits per heavy atom. The van der Waals surface area contributed by atoms with Crippen molar-refractivity contribution in [3.05, 3.63) is 46.6 Å². The highest BCUT2D eigenvalue weighted by Crippen LogP contribution is 2.14. The Bertz CT molecular complexity index is 699. The molecule has 0 atom stereocenters. The van der Waals surface area contributed by atoms with E-state index in [2.05, 4.69) is 82.6 Å². The van der Waals surface area contributed by atoms with Crippen LogP contribution in [0.2, 0.25) is 0 Å². The number of rotatable bonds is 15. The summed E-state index contributed by atoms with van der Waals surface area (Å²) in [6, 6.07) is 0. The van der Waals surface area contributed by atoms with Gasteiger partial charge in [0.1, 0.15) is 0 Å².